The van der Waals surface area contributed by atoms with Crippen molar-refractivity contribution in [1.82, 2.24) is 0 Å². The molecule has 1 aromatic heterocycles. The molecule has 0 aliphatic rings. The minimum Gasteiger partial charge on any atom is -0.469 e. The van der Waals surface area contributed by atoms with Gasteiger partial charge in [-0.3, -0.25) is 4.79 Å². The standard InChI is InChI=1S/C14H13ClO2/c1-8-4-12(13(15)5-9(8)2)14(16)11-6-10(3)17-7-11/h4-7H,1-3H3. The molecule has 0 bridgehead atoms. The van der Waals surface area contributed by atoms with Crippen LogP contribution in [0.5, 0.6) is 0 Å². The zero-order valence-corrected chi connectivity index (χ0v) is 10.8. The molecule has 0 unspecified atom stereocenters. The van der Waals surface area contributed by atoms with Crippen LogP contribution in [0.15, 0.2) is 28.9 Å². The van der Waals surface area contributed by atoms with Crippen LogP contribution in [-0.4, -0.2) is 5.78 Å². The minimum atomic E-state index is -0.102. The normalized spacial score (nSPS) is 10.6. The average molecular weight is 249 g/mol. The number of benzene rings is 1. The van der Waals surface area contributed by atoms with Gasteiger partial charge >= 0.3 is 0 Å². The van der Waals surface area contributed by atoms with Gasteiger partial charge in [0.2, 0.25) is 0 Å². The van der Waals surface area contributed by atoms with E-state index in [1.807, 2.05) is 26.0 Å². The molecule has 88 valence electrons. The van der Waals surface area contributed by atoms with E-state index in [0.29, 0.717) is 21.9 Å². The van der Waals surface area contributed by atoms with Crippen molar-refractivity contribution in [3.63, 3.8) is 0 Å². The molecule has 0 aliphatic carbocycles. The van der Waals surface area contributed by atoms with Gasteiger partial charge in [-0.15, -0.1) is 0 Å². The number of rotatable bonds is 2. The van der Waals surface area contributed by atoms with Crippen molar-refractivity contribution in [2.45, 2.75) is 20.8 Å². The van der Waals surface area contributed by atoms with Gasteiger partial charge in [-0.2, -0.15) is 0 Å². The first-order chi connectivity index (χ1) is 7.99. The second-order valence-electron chi connectivity index (χ2n) is 4.19. The maximum absolute atomic E-state index is 12.2. The van der Waals surface area contributed by atoms with Gasteiger partial charge in [0.05, 0.1) is 10.6 Å². The van der Waals surface area contributed by atoms with Crippen molar-refractivity contribution >= 4 is 17.4 Å². The fourth-order valence-electron chi connectivity index (χ4n) is 1.67. The predicted octanol–water partition coefficient (Wildman–Crippen LogP) is 4.09. The minimum absolute atomic E-state index is 0.102. The molecule has 2 rings (SSSR count). The number of hydrogen-bond acceptors (Lipinski definition) is 2. The lowest BCUT2D eigenvalue weighted by molar-refractivity contribution is 0.103. The van der Waals surface area contributed by atoms with Gasteiger partial charge in [-0.25, -0.2) is 0 Å². The fraction of sp³-hybridized carbons (Fsp3) is 0.214. The third-order valence-corrected chi connectivity index (χ3v) is 3.13. The molecule has 17 heavy (non-hydrogen) atoms. The van der Waals surface area contributed by atoms with Crippen molar-refractivity contribution in [1.29, 1.82) is 0 Å². The van der Waals surface area contributed by atoms with Crippen molar-refractivity contribution < 1.29 is 9.21 Å². The van der Waals surface area contributed by atoms with Gasteiger partial charge in [0.25, 0.3) is 0 Å². The van der Waals surface area contributed by atoms with E-state index in [0.717, 1.165) is 11.1 Å². The Hall–Kier alpha value is -1.54. The Morgan fingerprint density at radius 2 is 1.76 bits per heavy atom. The highest BCUT2D eigenvalue weighted by Crippen LogP contribution is 2.24. The van der Waals surface area contributed by atoms with Gasteiger partial charge in [-0.1, -0.05) is 11.6 Å². The number of halogens is 1. The van der Waals surface area contributed by atoms with Crippen LogP contribution in [-0.2, 0) is 0 Å². The van der Waals surface area contributed by atoms with E-state index >= 15 is 0 Å². The summed E-state index contributed by atoms with van der Waals surface area (Å²) in [5.41, 5.74) is 3.19. The quantitative estimate of drug-likeness (QED) is 0.750. The second kappa shape index (κ2) is 4.38. The maximum Gasteiger partial charge on any atom is 0.197 e. The third-order valence-electron chi connectivity index (χ3n) is 2.82. The molecule has 2 aromatic rings. The molecule has 0 atom stereocenters. The van der Waals surface area contributed by atoms with Gasteiger partial charge < -0.3 is 4.42 Å². The third kappa shape index (κ3) is 2.27. The first kappa shape index (κ1) is 11.9. The Morgan fingerprint density at radius 3 is 2.35 bits per heavy atom. The predicted molar refractivity (Wildman–Crippen MR) is 67.8 cm³/mol. The van der Waals surface area contributed by atoms with E-state index in [4.69, 9.17) is 16.0 Å². The summed E-state index contributed by atoms with van der Waals surface area (Å²) in [5.74, 6) is 0.614. The highest BCUT2D eigenvalue weighted by atomic mass is 35.5. The Balaban J connectivity index is 2.47. The summed E-state index contributed by atoms with van der Waals surface area (Å²) >= 11 is 6.10. The van der Waals surface area contributed by atoms with Gasteiger partial charge in [0, 0.05) is 5.56 Å². The summed E-state index contributed by atoms with van der Waals surface area (Å²) in [6, 6.07) is 5.35. The van der Waals surface area contributed by atoms with Gasteiger partial charge in [0.15, 0.2) is 5.78 Å². The van der Waals surface area contributed by atoms with Crippen LogP contribution in [0, 0.1) is 20.8 Å². The van der Waals surface area contributed by atoms with Crippen LogP contribution in [0.1, 0.15) is 32.8 Å². The Morgan fingerprint density at radius 1 is 1.12 bits per heavy atom. The monoisotopic (exact) mass is 248 g/mol. The molecule has 1 aromatic carbocycles. The van der Waals surface area contributed by atoms with E-state index in [1.165, 1.54) is 6.26 Å². The zero-order valence-electron chi connectivity index (χ0n) is 10.0. The molecule has 1 heterocycles. The van der Waals surface area contributed by atoms with Crippen LogP contribution >= 0.6 is 11.6 Å². The summed E-state index contributed by atoms with van der Waals surface area (Å²) in [6.07, 6.45) is 1.46. The molecule has 0 aliphatic heterocycles. The molecule has 0 radical (unpaired) electrons. The highest BCUT2D eigenvalue weighted by Gasteiger charge is 2.15. The van der Waals surface area contributed by atoms with Gasteiger partial charge in [0.1, 0.15) is 12.0 Å². The van der Waals surface area contributed by atoms with Crippen LogP contribution in [0.25, 0.3) is 0 Å². The van der Waals surface area contributed by atoms with Crippen LogP contribution in [0.3, 0.4) is 0 Å². The second-order valence-corrected chi connectivity index (χ2v) is 4.60. The summed E-state index contributed by atoms with van der Waals surface area (Å²) in [4.78, 5) is 12.2. The maximum atomic E-state index is 12.2. The highest BCUT2D eigenvalue weighted by molar-refractivity contribution is 6.35. The summed E-state index contributed by atoms with van der Waals surface area (Å²) < 4.78 is 5.14. The molecular formula is C14H13ClO2. The Kier molecular flexibility index (Phi) is 3.07. The molecule has 0 fully saturated rings. The molecular weight excluding hydrogens is 236 g/mol. The van der Waals surface area contributed by atoms with E-state index < -0.39 is 0 Å². The Bertz CT molecular complexity index is 582. The smallest absolute Gasteiger partial charge is 0.197 e. The van der Waals surface area contributed by atoms with Crippen LogP contribution < -0.4 is 0 Å². The molecule has 3 heteroatoms. The topological polar surface area (TPSA) is 30.2 Å². The zero-order chi connectivity index (χ0) is 12.6. The van der Waals surface area contributed by atoms with Crippen LogP contribution in [0.4, 0.5) is 0 Å². The van der Waals surface area contributed by atoms with Gasteiger partial charge in [-0.05, 0) is 50.1 Å². The van der Waals surface area contributed by atoms with E-state index in [9.17, 15) is 4.79 Å². The molecule has 0 spiro atoms. The lowest BCUT2D eigenvalue weighted by atomic mass is 10.0. The number of aryl methyl sites for hydroxylation is 3. The first-order valence-electron chi connectivity index (χ1n) is 5.35. The van der Waals surface area contributed by atoms with E-state index in [-0.39, 0.29) is 5.78 Å². The number of carbonyl (C=O) groups excluding carboxylic acids is 1. The van der Waals surface area contributed by atoms with E-state index in [1.54, 1.807) is 13.0 Å². The summed E-state index contributed by atoms with van der Waals surface area (Å²) in [6.45, 7) is 5.74. The number of hydrogen-bond donors (Lipinski definition) is 0. The lowest BCUT2D eigenvalue weighted by Gasteiger charge is -2.06. The van der Waals surface area contributed by atoms with E-state index in [2.05, 4.69) is 0 Å². The number of furan rings is 1. The first-order valence-corrected chi connectivity index (χ1v) is 5.73. The molecule has 0 N–H and O–H groups in total. The number of carbonyl (C=O) groups is 1. The van der Waals surface area contributed by atoms with Crippen LogP contribution in [0.2, 0.25) is 5.02 Å². The SMILES string of the molecule is Cc1cc(C(=O)c2cc(C)c(C)cc2Cl)co1. The molecule has 0 amide bonds. The summed E-state index contributed by atoms with van der Waals surface area (Å²) in [5, 5.41) is 0.483. The number of ketones is 1. The van der Waals surface area contributed by atoms with Crippen molar-refractivity contribution in [3.05, 3.63) is 57.5 Å². The summed E-state index contributed by atoms with van der Waals surface area (Å²) in [7, 11) is 0. The Labute approximate surface area is 105 Å². The molecule has 0 saturated carbocycles. The van der Waals surface area contributed by atoms with Crippen molar-refractivity contribution in [2.75, 3.05) is 0 Å². The van der Waals surface area contributed by atoms with Crippen molar-refractivity contribution in [3.8, 4) is 0 Å². The van der Waals surface area contributed by atoms with Crippen molar-refractivity contribution in [2.24, 2.45) is 0 Å². The lowest BCUT2D eigenvalue weighted by Crippen LogP contribution is -2.02. The molecule has 2 nitrogen and oxygen atoms in total. The largest absolute Gasteiger partial charge is 0.469 e. The fourth-order valence-corrected chi connectivity index (χ4v) is 1.98. The molecule has 0 saturated heterocycles. The average Bonchev–Trinajstić information content (AvgIpc) is 2.69.